The van der Waals surface area contributed by atoms with Crippen LogP contribution in [0.25, 0.3) is 0 Å². The second-order valence-electron chi connectivity index (χ2n) is 8.81. The summed E-state index contributed by atoms with van der Waals surface area (Å²) in [4.78, 5) is 0. The van der Waals surface area contributed by atoms with Crippen LogP contribution in [0.1, 0.15) is 25.0 Å². The van der Waals surface area contributed by atoms with Crippen molar-refractivity contribution in [2.45, 2.75) is 33.1 Å². The molecule has 260 valence electrons. The Morgan fingerprint density at radius 2 is 1.00 bits per heavy atom. The van der Waals surface area contributed by atoms with Gasteiger partial charge in [-0.1, -0.05) is 6.92 Å². The van der Waals surface area contributed by atoms with Gasteiger partial charge in [0.15, 0.2) is 23.0 Å². The Kier molecular flexibility index (Phi) is 31.2. The molecule has 4 N–H and O–H groups in total. The van der Waals surface area contributed by atoms with Gasteiger partial charge in [-0.15, -0.1) is 62.0 Å². The largest absolute Gasteiger partial charge is 0.493 e. The van der Waals surface area contributed by atoms with Gasteiger partial charge in [0.2, 0.25) is 11.5 Å². The molecule has 44 heavy (non-hydrogen) atoms. The molecular weight excluding hydrogens is 680 g/mol. The van der Waals surface area contributed by atoms with Crippen molar-refractivity contribution in [3.05, 3.63) is 35.4 Å². The second-order valence-corrected chi connectivity index (χ2v) is 8.81. The molecule has 0 aliphatic heterocycles. The van der Waals surface area contributed by atoms with Gasteiger partial charge >= 0.3 is 0 Å². The van der Waals surface area contributed by atoms with Crippen molar-refractivity contribution in [2.24, 2.45) is 0 Å². The fraction of sp³-hybridized carbons (Fsp3) is 0.571. The van der Waals surface area contributed by atoms with Crippen LogP contribution in [0, 0.1) is 0 Å². The summed E-state index contributed by atoms with van der Waals surface area (Å²) in [6.07, 6.45) is 0.0733. The normalized spacial score (nSPS) is 10.5. The quantitative estimate of drug-likeness (QED) is 0.0880. The molecule has 0 aliphatic carbocycles. The molecule has 0 saturated heterocycles. The van der Waals surface area contributed by atoms with Gasteiger partial charge in [0, 0.05) is 45.8 Å². The SMILES string of the molecule is CCN(CCNCCNCc1cc(OC)c(OC)c(OC)c1)NC(C)NCc1cc(OC)c(OC)c(OC)c1.Cl.Cl.Cl.Cl.Cl. The minimum atomic E-state index is 0. The Hall–Kier alpha value is -1.51. The molecule has 2 rings (SSSR count). The number of benzene rings is 2. The van der Waals surface area contributed by atoms with Crippen LogP contribution in [0.4, 0.5) is 0 Å². The lowest BCUT2D eigenvalue weighted by Gasteiger charge is -2.27. The fourth-order valence-corrected chi connectivity index (χ4v) is 4.13. The van der Waals surface area contributed by atoms with E-state index in [1.54, 1.807) is 42.7 Å². The molecule has 0 spiro atoms. The van der Waals surface area contributed by atoms with E-state index in [1.807, 2.05) is 24.3 Å². The van der Waals surface area contributed by atoms with Crippen LogP contribution >= 0.6 is 62.0 Å². The molecule has 16 heteroatoms. The van der Waals surface area contributed by atoms with Crippen LogP contribution in [0.3, 0.4) is 0 Å². The van der Waals surface area contributed by atoms with E-state index in [-0.39, 0.29) is 68.2 Å². The monoisotopic (exact) mass is 729 g/mol. The number of hydrogen-bond donors (Lipinski definition) is 4. The number of halogens is 5. The molecule has 0 aliphatic rings. The molecule has 0 radical (unpaired) electrons. The van der Waals surface area contributed by atoms with Gasteiger partial charge in [0.25, 0.3) is 0 Å². The van der Waals surface area contributed by atoms with E-state index < -0.39 is 0 Å². The summed E-state index contributed by atoms with van der Waals surface area (Å²) in [5.74, 6) is 3.81. The summed E-state index contributed by atoms with van der Waals surface area (Å²) < 4.78 is 32.6. The van der Waals surface area contributed by atoms with Gasteiger partial charge in [-0.05, 0) is 42.3 Å². The molecule has 0 saturated carbocycles. The maximum Gasteiger partial charge on any atom is 0.203 e. The van der Waals surface area contributed by atoms with Gasteiger partial charge in [-0.3, -0.25) is 5.32 Å². The van der Waals surface area contributed by atoms with Crippen molar-refractivity contribution in [3.8, 4) is 34.5 Å². The van der Waals surface area contributed by atoms with E-state index in [0.29, 0.717) is 47.6 Å². The molecule has 0 bridgehead atoms. The number of nitrogens with zero attached hydrogens (tertiary/aromatic N) is 1. The predicted octanol–water partition coefficient (Wildman–Crippen LogP) is 4.49. The molecule has 0 heterocycles. The first kappa shape index (κ1) is 49.4. The highest BCUT2D eigenvalue weighted by Crippen LogP contribution is 2.39. The Bertz CT molecular complexity index is 965. The van der Waals surface area contributed by atoms with Crippen molar-refractivity contribution in [1.29, 1.82) is 0 Å². The molecular formula is C28H52Cl5N5O6. The molecule has 11 nitrogen and oxygen atoms in total. The van der Waals surface area contributed by atoms with Crippen molar-refractivity contribution in [2.75, 3.05) is 75.4 Å². The third-order valence-corrected chi connectivity index (χ3v) is 6.19. The number of methoxy groups -OCH3 is 6. The lowest BCUT2D eigenvalue weighted by Crippen LogP contribution is -2.51. The zero-order valence-electron chi connectivity index (χ0n) is 26.8. The van der Waals surface area contributed by atoms with Gasteiger partial charge in [-0.2, -0.15) is 0 Å². The average molecular weight is 732 g/mol. The number of likely N-dealkylation sites (N-methyl/N-ethyl adjacent to an activating group) is 1. The number of nitrogens with one attached hydrogen (secondary N) is 4. The highest BCUT2D eigenvalue weighted by Gasteiger charge is 2.15. The molecule has 0 aromatic heterocycles. The van der Waals surface area contributed by atoms with E-state index in [2.05, 4.69) is 40.2 Å². The van der Waals surface area contributed by atoms with Gasteiger partial charge in [0.1, 0.15) is 0 Å². The van der Waals surface area contributed by atoms with Gasteiger partial charge in [0.05, 0.1) is 48.8 Å². The molecule has 0 amide bonds. The minimum Gasteiger partial charge on any atom is -0.493 e. The molecule has 1 unspecified atom stereocenters. The second kappa shape index (κ2) is 27.8. The van der Waals surface area contributed by atoms with Crippen molar-refractivity contribution >= 4 is 62.0 Å². The van der Waals surface area contributed by atoms with Crippen molar-refractivity contribution in [3.63, 3.8) is 0 Å². The van der Waals surface area contributed by atoms with Gasteiger partial charge < -0.3 is 39.1 Å². The smallest absolute Gasteiger partial charge is 0.203 e. The highest BCUT2D eigenvalue weighted by molar-refractivity contribution is 5.86. The average Bonchev–Trinajstić information content (AvgIpc) is 2.97. The predicted molar refractivity (Wildman–Crippen MR) is 190 cm³/mol. The molecule has 1 atom stereocenters. The molecule has 2 aromatic rings. The summed E-state index contributed by atoms with van der Waals surface area (Å²) in [7, 11) is 9.70. The standard InChI is InChI=1S/C28H47N5O6.5ClH/c1-9-33(32-20(2)31-19-22-16-25(36-5)28(39-8)26(17-22)37-6)13-12-29-10-11-30-18-21-14-23(34-3)27(38-7)24(15-21)35-4;;;;;/h14-17,20,29-32H,9-13,18-19H2,1-8H3;5*1H. The Morgan fingerprint density at radius 3 is 1.39 bits per heavy atom. The zero-order valence-corrected chi connectivity index (χ0v) is 30.9. The van der Waals surface area contributed by atoms with Crippen molar-refractivity contribution < 1.29 is 28.4 Å². The summed E-state index contributed by atoms with van der Waals surface area (Å²) in [6.45, 7) is 9.91. The minimum absolute atomic E-state index is 0. The van der Waals surface area contributed by atoms with E-state index in [9.17, 15) is 0 Å². The Balaban J connectivity index is -0.00000160. The molecule has 2 aromatic carbocycles. The lowest BCUT2D eigenvalue weighted by atomic mass is 10.1. The van der Waals surface area contributed by atoms with Crippen LogP contribution in [0.2, 0.25) is 0 Å². The highest BCUT2D eigenvalue weighted by atomic mass is 35.5. The van der Waals surface area contributed by atoms with Crippen molar-refractivity contribution in [1.82, 2.24) is 26.4 Å². The Labute approximate surface area is 294 Å². The molecule has 0 fully saturated rings. The number of ether oxygens (including phenoxy) is 6. The van der Waals surface area contributed by atoms with Gasteiger partial charge in [-0.25, -0.2) is 10.4 Å². The Morgan fingerprint density at radius 1 is 0.591 bits per heavy atom. The summed E-state index contributed by atoms with van der Waals surface area (Å²) in [5.41, 5.74) is 5.63. The number of hydrazine groups is 1. The topological polar surface area (TPSA) is 107 Å². The first-order valence-corrected chi connectivity index (χ1v) is 13.2. The van der Waals surface area contributed by atoms with E-state index in [4.69, 9.17) is 28.4 Å². The summed E-state index contributed by atoms with van der Waals surface area (Å²) in [5, 5.41) is 12.6. The summed E-state index contributed by atoms with van der Waals surface area (Å²) in [6, 6.07) is 7.84. The van der Waals surface area contributed by atoms with E-state index in [0.717, 1.165) is 43.9 Å². The zero-order chi connectivity index (χ0) is 28.6. The fourth-order valence-electron chi connectivity index (χ4n) is 4.13. The summed E-state index contributed by atoms with van der Waals surface area (Å²) >= 11 is 0. The maximum absolute atomic E-state index is 5.45. The first-order valence-electron chi connectivity index (χ1n) is 13.2. The van der Waals surface area contributed by atoms with Crippen LogP contribution in [0.5, 0.6) is 34.5 Å². The third-order valence-electron chi connectivity index (χ3n) is 6.19. The lowest BCUT2D eigenvalue weighted by molar-refractivity contribution is 0.157. The van der Waals surface area contributed by atoms with Crippen LogP contribution in [0.15, 0.2) is 24.3 Å². The number of hydrogen-bond acceptors (Lipinski definition) is 11. The van der Waals surface area contributed by atoms with Crippen LogP contribution in [-0.2, 0) is 13.1 Å². The third kappa shape index (κ3) is 15.7. The number of rotatable bonds is 20. The van der Waals surface area contributed by atoms with E-state index in [1.165, 1.54) is 0 Å². The maximum atomic E-state index is 5.45. The van der Waals surface area contributed by atoms with Crippen LogP contribution in [-0.4, -0.2) is 86.6 Å². The first-order chi connectivity index (χ1) is 18.9. The van der Waals surface area contributed by atoms with Crippen LogP contribution < -0.4 is 49.8 Å². The van der Waals surface area contributed by atoms with E-state index >= 15 is 0 Å².